The van der Waals surface area contributed by atoms with Crippen LogP contribution in [0.25, 0.3) is 0 Å². The Bertz CT molecular complexity index is 579. The highest BCUT2D eigenvalue weighted by atomic mass is 16.5. The van der Waals surface area contributed by atoms with Crippen molar-refractivity contribution in [3.05, 3.63) is 29.3 Å². The minimum Gasteiger partial charge on any atom is -0.490 e. The van der Waals surface area contributed by atoms with E-state index in [1.807, 2.05) is 4.90 Å². The highest BCUT2D eigenvalue weighted by Gasteiger charge is 2.31. The number of carbonyl (C=O) groups excluding carboxylic acids is 1. The molecule has 0 bridgehead atoms. The number of hydrogen-bond donors (Lipinski definition) is 1. The average molecular weight is 330 g/mol. The van der Waals surface area contributed by atoms with Crippen molar-refractivity contribution < 1.29 is 9.53 Å². The molecule has 132 valence electrons. The fourth-order valence-corrected chi connectivity index (χ4v) is 3.92. The molecule has 1 amide bonds. The van der Waals surface area contributed by atoms with Crippen molar-refractivity contribution in [1.29, 1.82) is 0 Å². The number of piperidine rings is 1. The van der Waals surface area contributed by atoms with Crippen LogP contribution in [0.1, 0.15) is 49.7 Å². The molecule has 1 saturated carbocycles. The van der Waals surface area contributed by atoms with Crippen molar-refractivity contribution in [2.75, 3.05) is 13.1 Å². The van der Waals surface area contributed by atoms with Crippen LogP contribution < -0.4 is 10.5 Å². The number of benzene rings is 1. The van der Waals surface area contributed by atoms with Crippen molar-refractivity contribution in [3.63, 3.8) is 0 Å². The number of rotatable bonds is 3. The van der Waals surface area contributed by atoms with Crippen LogP contribution in [-0.2, 0) is 4.79 Å². The smallest absolute Gasteiger partial charge is 0.225 e. The van der Waals surface area contributed by atoms with Gasteiger partial charge >= 0.3 is 0 Å². The molecule has 1 saturated heterocycles. The van der Waals surface area contributed by atoms with Gasteiger partial charge in [-0.1, -0.05) is 18.6 Å². The molecule has 2 N–H and O–H groups in total. The molecule has 1 heterocycles. The second kappa shape index (κ2) is 7.56. The fraction of sp³-hybridized carbons (Fsp3) is 0.650. The Kier molecular flexibility index (Phi) is 5.44. The van der Waals surface area contributed by atoms with Gasteiger partial charge in [0.05, 0.1) is 0 Å². The lowest BCUT2D eigenvalue weighted by Gasteiger charge is -2.36. The van der Waals surface area contributed by atoms with Crippen molar-refractivity contribution in [2.45, 2.75) is 64.5 Å². The summed E-state index contributed by atoms with van der Waals surface area (Å²) in [5, 5.41) is 0. The maximum Gasteiger partial charge on any atom is 0.225 e. The molecule has 2 aliphatic rings. The van der Waals surface area contributed by atoms with Gasteiger partial charge in [0.25, 0.3) is 0 Å². The van der Waals surface area contributed by atoms with Crippen molar-refractivity contribution in [2.24, 2.45) is 11.7 Å². The van der Waals surface area contributed by atoms with E-state index < -0.39 is 0 Å². The maximum absolute atomic E-state index is 12.7. The van der Waals surface area contributed by atoms with Crippen LogP contribution in [0.5, 0.6) is 5.75 Å². The SMILES string of the molecule is Cc1ccc(C)c(OC2CCN(C(=O)[C@H]3CCC[C@H](N)C3)CC2)c1. The molecule has 1 aliphatic heterocycles. The Morgan fingerprint density at radius 1 is 1.17 bits per heavy atom. The van der Waals surface area contributed by atoms with Crippen LogP contribution in [-0.4, -0.2) is 36.0 Å². The molecule has 0 unspecified atom stereocenters. The number of nitrogens with zero attached hydrogens (tertiary/aromatic N) is 1. The molecule has 1 aliphatic carbocycles. The third kappa shape index (κ3) is 4.10. The Hall–Kier alpha value is -1.55. The summed E-state index contributed by atoms with van der Waals surface area (Å²) in [7, 11) is 0. The number of hydrogen-bond acceptors (Lipinski definition) is 3. The van der Waals surface area contributed by atoms with E-state index in [2.05, 4.69) is 32.0 Å². The standard InChI is InChI=1S/C20H30N2O2/c1-14-6-7-15(2)19(12-14)24-18-8-10-22(11-9-18)20(23)16-4-3-5-17(21)13-16/h6-7,12,16-18H,3-5,8-11,13,21H2,1-2H3/t16-,17-/m0/s1. The van der Waals surface area contributed by atoms with Crippen LogP contribution in [0.15, 0.2) is 18.2 Å². The van der Waals surface area contributed by atoms with Gasteiger partial charge in [-0.15, -0.1) is 0 Å². The topological polar surface area (TPSA) is 55.6 Å². The summed E-state index contributed by atoms with van der Waals surface area (Å²) in [6.07, 6.45) is 6.06. The molecule has 24 heavy (non-hydrogen) atoms. The average Bonchev–Trinajstić information content (AvgIpc) is 2.58. The summed E-state index contributed by atoms with van der Waals surface area (Å²) in [6, 6.07) is 6.53. The zero-order chi connectivity index (χ0) is 17.1. The number of amides is 1. The molecule has 1 aromatic carbocycles. The number of likely N-dealkylation sites (tertiary alicyclic amines) is 1. The Morgan fingerprint density at radius 3 is 2.62 bits per heavy atom. The maximum atomic E-state index is 12.7. The van der Waals surface area contributed by atoms with Crippen LogP contribution in [0.2, 0.25) is 0 Å². The van der Waals surface area contributed by atoms with Crippen molar-refractivity contribution in [3.8, 4) is 5.75 Å². The Morgan fingerprint density at radius 2 is 1.92 bits per heavy atom. The van der Waals surface area contributed by atoms with E-state index in [4.69, 9.17) is 10.5 Å². The minimum absolute atomic E-state index is 0.144. The first-order valence-corrected chi connectivity index (χ1v) is 9.31. The number of aryl methyl sites for hydroxylation is 2. The van der Waals surface area contributed by atoms with E-state index >= 15 is 0 Å². The lowest BCUT2D eigenvalue weighted by Crippen LogP contribution is -2.46. The first kappa shape index (κ1) is 17.3. The normalized spacial score (nSPS) is 25.5. The monoisotopic (exact) mass is 330 g/mol. The molecule has 3 rings (SSSR count). The van der Waals surface area contributed by atoms with E-state index in [1.54, 1.807) is 0 Å². The summed E-state index contributed by atoms with van der Waals surface area (Å²) in [4.78, 5) is 14.7. The lowest BCUT2D eigenvalue weighted by atomic mass is 9.85. The predicted molar refractivity (Wildman–Crippen MR) is 96.1 cm³/mol. The largest absolute Gasteiger partial charge is 0.490 e. The summed E-state index contributed by atoms with van der Waals surface area (Å²) in [6.45, 7) is 5.78. The number of carbonyl (C=O) groups is 1. The summed E-state index contributed by atoms with van der Waals surface area (Å²) in [5.74, 6) is 1.44. The van der Waals surface area contributed by atoms with E-state index in [1.165, 1.54) is 11.1 Å². The first-order valence-electron chi connectivity index (χ1n) is 9.31. The third-order valence-corrected chi connectivity index (χ3v) is 5.45. The molecular weight excluding hydrogens is 300 g/mol. The highest BCUT2D eigenvalue weighted by Crippen LogP contribution is 2.28. The molecule has 2 fully saturated rings. The minimum atomic E-state index is 0.144. The zero-order valence-electron chi connectivity index (χ0n) is 15.0. The Balaban J connectivity index is 1.52. The van der Waals surface area contributed by atoms with Gasteiger partial charge < -0.3 is 15.4 Å². The first-order chi connectivity index (χ1) is 11.5. The molecular formula is C20H30N2O2. The van der Waals surface area contributed by atoms with E-state index in [0.29, 0.717) is 5.91 Å². The molecule has 0 radical (unpaired) electrons. The number of ether oxygens (including phenoxy) is 1. The van der Waals surface area contributed by atoms with Crippen molar-refractivity contribution in [1.82, 2.24) is 4.90 Å². The number of nitrogens with two attached hydrogens (primary N) is 1. The molecule has 1 aromatic rings. The molecule has 0 aromatic heterocycles. The van der Waals surface area contributed by atoms with Gasteiger partial charge in [0.15, 0.2) is 0 Å². The van der Waals surface area contributed by atoms with Crippen LogP contribution in [0, 0.1) is 19.8 Å². The van der Waals surface area contributed by atoms with Gasteiger partial charge in [0.1, 0.15) is 11.9 Å². The molecule has 2 atom stereocenters. The van der Waals surface area contributed by atoms with Gasteiger partial charge in [0, 0.05) is 37.9 Å². The van der Waals surface area contributed by atoms with E-state index in [9.17, 15) is 4.79 Å². The van der Waals surface area contributed by atoms with Gasteiger partial charge in [-0.2, -0.15) is 0 Å². The quantitative estimate of drug-likeness (QED) is 0.926. The van der Waals surface area contributed by atoms with Crippen LogP contribution in [0.3, 0.4) is 0 Å². The van der Waals surface area contributed by atoms with Crippen LogP contribution >= 0.6 is 0 Å². The fourth-order valence-electron chi connectivity index (χ4n) is 3.92. The molecule has 4 heteroatoms. The predicted octanol–water partition coefficient (Wildman–Crippen LogP) is 3.19. The van der Waals surface area contributed by atoms with Crippen molar-refractivity contribution >= 4 is 5.91 Å². The van der Waals surface area contributed by atoms with Gasteiger partial charge in [-0.25, -0.2) is 0 Å². The van der Waals surface area contributed by atoms with E-state index in [0.717, 1.165) is 57.4 Å². The zero-order valence-corrected chi connectivity index (χ0v) is 15.0. The highest BCUT2D eigenvalue weighted by molar-refractivity contribution is 5.79. The van der Waals surface area contributed by atoms with Crippen LogP contribution in [0.4, 0.5) is 0 Å². The second-order valence-electron chi connectivity index (χ2n) is 7.54. The Labute approximate surface area is 145 Å². The lowest BCUT2D eigenvalue weighted by molar-refractivity contribution is -0.138. The van der Waals surface area contributed by atoms with Gasteiger partial charge in [-0.3, -0.25) is 4.79 Å². The van der Waals surface area contributed by atoms with E-state index in [-0.39, 0.29) is 18.1 Å². The van der Waals surface area contributed by atoms with Gasteiger partial charge in [-0.05, 0) is 50.3 Å². The second-order valence-corrected chi connectivity index (χ2v) is 7.54. The molecule has 4 nitrogen and oxygen atoms in total. The van der Waals surface area contributed by atoms with Gasteiger partial charge in [0.2, 0.25) is 5.91 Å². The summed E-state index contributed by atoms with van der Waals surface area (Å²) in [5.41, 5.74) is 8.43. The molecule has 0 spiro atoms. The third-order valence-electron chi connectivity index (χ3n) is 5.45. The summed E-state index contributed by atoms with van der Waals surface area (Å²) < 4.78 is 6.20. The summed E-state index contributed by atoms with van der Waals surface area (Å²) >= 11 is 0.